The van der Waals surface area contributed by atoms with Crippen LogP contribution in [-0.4, -0.2) is 19.9 Å². The van der Waals surface area contributed by atoms with E-state index in [9.17, 15) is 0 Å². The highest BCUT2D eigenvalue weighted by molar-refractivity contribution is 5.54. The largest absolute Gasteiger partial charge is 0.384 e. The number of nitrogens with zero attached hydrogens (tertiary/aromatic N) is 1. The lowest BCUT2D eigenvalue weighted by Gasteiger charge is -1.95. The summed E-state index contributed by atoms with van der Waals surface area (Å²) in [6.45, 7) is 6.28. The molecule has 2 nitrogen and oxygen atoms in total. The van der Waals surface area contributed by atoms with Crippen LogP contribution in [0.25, 0.3) is 0 Å². The third-order valence-electron chi connectivity index (χ3n) is 0.906. The molecule has 0 aromatic heterocycles. The summed E-state index contributed by atoms with van der Waals surface area (Å²) in [6.07, 6.45) is 2.55. The molecule has 0 atom stereocenters. The lowest BCUT2D eigenvalue weighted by molar-refractivity contribution is 0.202. The number of aliphatic imine (C=N–C) groups is 1. The molecule has 0 amide bonds. The minimum Gasteiger partial charge on any atom is -0.384 e. The van der Waals surface area contributed by atoms with Crippen molar-refractivity contribution in [3.8, 4) is 0 Å². The van der Waals surface area contributed by atoms with E-state index in [0.29, 0.717) is 6.61 Å². The summed E-state index contributed by atoms with van der Waals surface area (Å²) in [7, 11) is 1.67. The first-order valence-electron chi connectivity index (χ1n) is 2.96. The van der Waals surface area contributed by atoms with Crippen LogP contribution < -0.4 is 0 Å². The number of ether oxygens (including phenoxy) is 1. The molecule has 0 unspecified atom stereocenters. The van der Waals surface area contributed by atoms with E-state index in [0.717, 1.165) is 12.1 Å². The van der Waals surface area contributed by atoms with Crippen molar-refractivity contribution in [3.63, 3.8) is 0 Å². The number of hydrogen-bond acceptors (Lipinski definition) is 2. The summed E-state index contributed by atoms with van der Waals surface area (Å²) >= 11 is 0. The van der Waals surface area contributed by atoms with Gasteiger partial charge in [0.15, 0.2) is 0 Å². The van der Waals surface area contributed by atoms with Crippen molar-refractivity contribution in [1.82, 2.24) is 0 Å². The van der Waals surface area contributed by atoms with Crippen LogP contribution >= 0.6 is 0 Å². The first-order chi connectivity index (χ1) is 4.31. The van der Waals surface area contributed by atoms with Crippen LogP contribution in [0, 0.1) is 0 Å². The van der Waals surface area contributed by atoms with E-state index in [1.807, 2.05) is 6.92 Å². The quantitative estimate of drug-likeness (QED) is 0.526. The van der Waals surface area contributed by atoms with E-state index < -0.39 is 0 Å². The summed E-state index contributed by atoms with van der Waals surface area (Å²) in [6, 6.07) is 0. The summed E-state index contributed by atoms with van der Waals surface area (Å²) in [5, 5.41) is 0. The fourth-order valence-corrected chi connectivity index (χ4v) is 0.467. The Balaban J connectivity index is 3.27. The Morgan fingerprint density at radius 1 is 1.78 bits per heavy atom. The lowest BCUT2D eigenvalue weighted by Crippen LogP contribution is -1.88. The van der Waals surface area contributed by atoms with Crippen molar-refractivity contribution < 1.29 is 4.74 Å². The standard InChI is InChI=1S/C7H13NO/c1-4-8-7(2)5-6-9-3/h4H,2,5-6H2,1,3H3/b8-4-. The van der Waals surface area contributed by atoms with Gasteiger partial charge in [0.1, 0.15) is 0 Å². The summed E-state index contributed by atoms with van der Waals surface area (Å²) in [5.41, 5.74) is 0.874. The normalized spacial score (nSPS) is 10.4. The van der Waals surface area contributed by atoms with Gasteiger partial charge in [0.2, 0.25) is 0 Å². The van der Waals surface area contributed by atoms with Crippen LogP contribution in [-0.2, 0) is 4.74 Å². The van der Waals surface area contributed by atoms with Crippen molar-refractivity contribution in [2.75, 3.05) is 13.7 Å². The van der Waals surface area contributed by atoms with Gasteiger partial charge in [-0.1, -0.05) is 6.58 Å². The van der Waals surface area contributed by atoms with Crippen LogP contribution in [0.3, 0.4) is 0 Å². The van der Waals surface area contributed by atoms with Crippen molar-refractivity contribution >= 4 is 6.21 Å². The van der Waals surface area contributed by atoms with Gasteiger partial charge in [-0.25, -0.2) is 0 Å². The number of rotatable bonds is 4. The van der Waals surface area contributed by atoms with Crippen molar-refractivity contribution in [2.45, 2.75) is 13.3 Å². The molecule has 0 rings (SSSR count). The highest BCUT2D eigenvalue weighted by atomic mass is 16.5. The van der Waals surface area contributed by atoms with E-state index in [1.165, 1.54) is 0 Å². The zero-order chi connectivity index (χ0) is 7.11. The third kappa shape index (κ3) is 5.24. The first-order valence-corrected chi connectivity index (χ1v) is 2.96. The molecule has 2 heteroatoms. The molecule has 0 aliphatic rings. The number of hydrogen-bond donors (Lipinski definition) is 0. The Bertz CT molecular complexity index is 107. The SMILES string of the molecule is C=C(CCOC)/N=C\C. The lowest BCUT2D eigenvalue weighted by atomic mass is 10.4. The van der Waals surface area contributed by atoms with E-state index in [1.54, 1.807) is 13.3 Å². The van der Waals surface area contributed by atoms with Crippen LogP contribution in [0.2, 0.25) is 0 Å². The van der Waals surface area contributed by atoms with Gasteiger partial charge in [-0.2, -0.15) is 0 Å². The summed E-state index contributed by atoms with van der Waals surface area (Å²) in [4.78, 5) is 3.96. The molecule has 9 heavy (non-hydrogen) atoms. The molecule has 0 radical (unpaired) electrons. The molecule has 0 aromatic rings. The fraction of sp³-hybridized carbons (Fsp3) is 0.571. The predicted octanol–water partition coefficient (Wildman–Crippen LogP) is 1.63. The average molecular weight is 127 g/mol. The van der Waals surface area contributed by atoms with Crippen molar-refractivity contribution in [2.24, 2.45) is 4.99 Å². The Labute approximate surface area is 56.2 Å². The molecule has 0 bridgehead atoms. The second-order valence-electron chi connectivity index (χ2n) is 1.70. The van der Waals surface area contributed by atoms with E-state index in [-0.39, 0.29) is 0 Å². The van der Waals surface area contributed by atoms with E-state index in [4.69, 9.17) is 4.74 Å². The Morgan fingerprint density at radius 2 is 2.44 bits per heavy atom. The van der Waals surface area contributed by atoms with Gasteiger partial charge >= 0.3 is 0 Å². The Morgan fingerprint density at radius 3 is 2.89 bits per heavy atom. The molecule has 52 valence electrons. The molecule has 0 saturated heterocycles. The van der Waals surface area contributed by atoms with Gasteiger partial charge in [-0.3, -0.25) is 4.99 Å². The second kappa shape index (κ2) is 5.51. The highest BCUT2D eigenvalue weighted by Gasteiger charge is 1.86. The molecule has 0 spiro atoms. The van der Waals surface area contributed by atoms with Gasteiger partial charge < -0.3 is 4.74 Å². The summed E-state index contributed by atoms with van der Waals surface area (Å²) < 4.78 is 4.82. The molecule has 0 fully saturated rings. The second-order valence-corrected chi connectivity index (χ2v) is 1.70. The van der Waals surface area contributed by atoms with E-state index in [2.05, 4.69) is 11.6 Å². The fourth-order valence-electron chi connectivity index (χ4n) is 0.467. The predicted molar refractivity (Wildman–Crippen MR) is 39.8 cm³/mol. The maximum atomic E-state index is 4.82. The zero-order valence-corrected chi connectivity index (χ0v) is 6.05. The maximum absolute atomic E-state index is 4.82. The molecule has 0 N–H and O–H groups in total. The molecule has 0 aliphatic heterocycles. The minimum absolute atomic E-state index is 0.705. The monoisotopic (exact) mass is 127 g/mol. The molecule has 0 saturated carbocycles. The average Bonchev–Trinajstić information content (AvgIpc) is 1.85. The van der Waals surface area contributed by atoms with Crippen LogP contribution in [0.1, 0.15) is 13.3 Å². The molecular weight excluding hydrogens is 114 g/mol. The van der Waals surface area contributed by atoms with Crippen LogP contribution in [0.4, 0.5) is 0 Å². The molecular formula is C7H13NO. The molecule has 0 aromatic carbocycles. The number of methoxy groups -OCH3 is 1. The third-order valence-corrected chi connectivity index (χ3v) is 0.906. The van der Waals surface area contributed by atoms with Crippen LogP contribution in [0.5, 0.6) is 0 Å². The van der Waals surface area contributed by atoms with Gasteiger partial charge in [0, 0.05) is 25.4 Å². The van der Waals surface area contributed by atoms with Crippen LogP contribution in [0.15, 0.2) is 17.3 Å². The summed E-state index contributed by atoms with van der Waals surface area (Å²) in [5.74, 6) is 0. The van der Waals surface area contributed by atoms with Crippen molar-refractivity contribution in [1.29, 1.82) is 0 Å². The zero-order valence-electron chi connectivity index (χ0n) is 6.05. The molecule has 0 heterocycles. The minimum atomic E-state index is 0.705. The van der Waals surface area contributed by atoms with Gasteiger partial charge in [0.25, 0.3) is 0 Å². The molecule has 0 aliphatic carbocycles. The highest BCUT2D eigenvalue weighted by Crippen LogP contribution is 1.97. The first kappa shape index (κ1) is 8.37. The van der Waals surface area contributed by atoms with Gasteiger partial charge in [-0.05, 0) is 6.92 Å². The Hall–Kier alpha value is -0.630. The smallest absolute Gasteiger partial charge is 0.0517 e. The van der Waals surface area contributed by atoms with Gasteiger partial charge in [0.05, 0.1) is 6.61 Å². The van der Waals surface area contributed by atoms with E-state index >= 15 is 0 Å². The van der Waals surface area contributed by atoms with Gasteiger partial charge in [-0.15, -0.1) is 0 Å². The Kier molecular flexibility index (Phi) is 5.12. The topological polar surface area (TPSA) is 21.6 Å². The maximum Gasteiger partial charge on any atom is 0.0517 e. The van der Waals surface area contributed by atoms with Crippen molar-refractivity contribution in [3.05, 3.63) is 12.3 Å².